The van der Waals surface area contributed by atoms with Crippen LogP contribution in [0.5, 0.6) is 5.75 Å². The third-order valence-electron chi connectivity index (χ3n) is 4.12. The molecule has 0 aliphatic carbocycles. The van der Waals surface area contributed by atoms with Crippen molar-refractivity contribution in [3.63, 3.8) is 0 Å². The molecule has 0 bridgehead atoms. The topological polar surface area (TPSA) is 38.3 Å². The van der Waals surface area contributed by atoms with Gasteiger partial charge in [0.15, 0.2) is 0 Å². The molecule has 4 nitrogen and oxygen atoms in total. The Morgan fingerprint density at radius 3 is 2.55 bits per heavy atom. The van der Waals surface area contributed by atoms with Gasteiger partial charge in [0, 0.05) is 0 Å². The van der Waals surface area contributed by atoms with Gasteiger partial charge in [-0.05, 0) is 31.5 Å². The van der Waals surface area contributed by atoms with Gasteiger partial charge in [0.1, 0.15) is 51.2 Å². The summed E-state index contributed by atoms with van der Waals surface area (Å²) in [4.78, 5) is 3.18. The van der Waals surface area contributed by atoms with Crippen molar-refractivity contribution in [2.24, 2.45) is 0 Å². The Balaban J connectivity index is 1.69. The molecular weight excluding hydrogens is 252 g/mol. The van der Waals surface area contributed by atoms with Crippen LogP contribution in [-0.4, -0.2) is 57.1 Å². The Morgan fingerprint density at radius 2 is 1.90 bits per heavy atom. The molecule has 1 saturated heterocycles. The third-order valence-corrected chi connectivity index (χ3v) is 4.12. The maximum Gasteiger partial charge on any atom is 0.137 e. The molecule has 1 aliphatic rings. The lowest BCUT2D eigenvalue weighted by Crippen LogP contribution is -3.28. The molecule has 4 heteroatoms. The van der Waals surface area contributed by atoms with E-state index < -0.39 is 0 Å². The van der Waals surface area contributed by atoms with Crippen molar-refractivity contribution < 1.29 is 19.6 Å². The van der Waals surface area contributed by atoms with Crippen LogP contribution in [0.2, 0.25) is 0 Å². The minimum absolute atomic E-state index is 0.381. The van der Waals surface area contributed by atoms with Gasteiger partial charge in [-0.2, -0.15) is 0 Å². The van der Waals surface area contributed by atoms with Gasteiger partial charge in [-0.3, -0.25) is 0 Å². The molecule has 1 aromatic rings. The lowest BCUT2D eigenvalue weighted by Gasteiger charge is -2.30. The van der Waals surface area contributed by atoms with E-state index in [9.17, 15) is 5.11 Å². The minimum Gasteiger partial charge on any atom is -0.491 e. The second-order valence-corrected chi connectivity index (χ2v) is 5.84. The van der Waals surface area contributed by atoms with E-state index in [1.807, 2.05) is 31.2 Å². The standard InChI is InChI=1S/C16H26N2O2/c1-3-17-7-9-18(10-8-17)12-15(19)13-20-16-6-4-5-14(2)11-16/h4-6,11,15,19H,3,7-10,12-13H2,1-2H3/p+2/t15-/m1/s1. The van der Waals surface area contributed by atoms with Gasteiger partial charge in [-0.1, -0.05) is 12.1 Å². The number of ether oxygens (including phenoxy) is 1. The van der Waals surface area contributed by atoms with Crippen LogP contribution in [0.25, 0.3) is 0 Å². The molecule has 1 aliphatic heterocycles. The number of nitrogens with one attached hydrogen (secondary N) is 2. The zero-order valence-electron chi connectivity index (χ0n) is 12.7. The number of hydrogen-bond donors (Lipinski definition) is 3. The Bertz CT molecular complexity index is 403. The first-order chi connectivity index (χ1) is 9.67. The summed E-state index contributed by atoms with van der Waals surface area (Å²) < 4.78 is 5.66. The molecule has 0 saturated carbocycles. The van der Waals surface area contributed by atoms with Crippen LogP contribution >= 0.6 is 0 Å². The fraction of sp³-hybridized carbons (Fsp3) is 0.625. The number of likely N-dealkylation sites (N-methyl/N-ethyl adjacent to an activating group) is 1. The van der Waals surface area contributed by atoms with Crippen LogP contribution in [0.15, 0.2) is 24.3 Å². The van der Waals surface area contributed by atoms with Crippen molar-refractivity contribution in [3.05, 3.63) is 29.8 Å². The molecule has 20 heavy (non-hydrogen) atoms. The normalized spacial score (nSPS) is 24.4. The predicted octanol–water partition coefficient (Wildman–Crippen LogP) is -1.46. The maximum atomic E-state index is 10.1. The van der Waals surface area contributed by atoms with Crippen molar-refractivity contribution in [1.29, 1.82) is 0 Å². The monoisotopic (exact) mass is 280 g/mol. The molecule has 0 aromatic heterocycles. The van der Waals surface area contributed by atoms with Crippen LogP contribution in [-0.2, 0) is 0 Å². The average molecular weight is 280 g/mol. The highest BCUT2D eigenvalue weighted by Crippen LogP contribution is 2.12. The molecule has 0 unspecified atom stereocenters. The summed E-state index contributed by atoms with van der Waals surface area (Å²) in [7, 11) is 0. The van der Waals surface area contributed by atoms with E-state index in [2.05, 4.69) is 6.92 Å². The summed E-state index contributed by atoms with van der Waals surface area (Å²) in [6.45, 7) is 11.4. The summed E-state index contributed by atoms with van der Waals surface area (Å²) in [6, 6.07) is 7.97. The lowest BCUT2D eigenvalue weighted by atomic mass is 10.2. The Hall–Kier alpha value is -1.10. The smallest absolute Gasteiger partial charge is 0.137 e. The first kappa shape index (κ1) is 15.3. The quantitative estimate of drug-likeness (QED) is 0.596. The van der Waals surface area contributed by atoms with Crippen LogP contribution in [0.1, 0.15) is 12.5 Å². The second kappa shape index (κ2) is 7.62. The van der Waals surface area contributed by atoms with E-state index in [1.165, 1.54) is 30.1 Å². The van der Waals surface area contributed by atoms with Crippen molar-refractivity contribution >= 4 is 0 Å². The summed E-state index contributed by atoms with van der Waals surface area (Å²) in [5, 5.41) is 10.1. The molecule has 0 amide bonds. The van der Waals surface area contributed by atoms with E-state index in [0.717, 1.165) is 25.4 Å². The third kappa shape index (κ3) is 4.78. The van der Waals surface area contributed by atoms with Gasteiger partial charge < -0.3 is 19.6 Å². The van der Waals surface area contributed by atoms with Crippen molar-refractivity contribution in [2.45, 2.75) is 20.0 Å². The van der Waals surface area contributed by atoms with Crippen LogP contribution < -0.4 is 14.5 Å². The lowest BCUT2D eigenvalue weighted by molar-refractivity contribution is -1.01. The van der Waals surface area contributed by atoms with Gasteiger partial charge in [0.2, 0.25) is 0 Å². The molecular formula is C16H28N2O2+2. The van der Waals surface area contributed by atoms with Crippen LogP contribution in [0, 0.1) is 6.92 Å². The molecule has 112 valence electrons. The molecule has 1 heterocycles. The minimum atomic E-state index is -0.381. The fourth-order valence-corrected chi connectivity index (χ4v) is 2.80. The maximum absolute atomic E-state index is 10.1. The molecule has 3 N–H and O–H groups in total. The van der Waals surface area contributed by atoms with Crippen LogP contribution in [0.3, 0.4) is 0 Å². The SMILES string of the molecule is CC[NH+]1CC[NH+](C[C@@H](O)COc2cccc(C)c2)CC1. The van der Waals surface area contributed by atoms with Gasteiger partial charge in [0.25, 0.3) is 0 Å². The number of hydrogen-bond acceptors (Lipinski definition) is 2. The van der Waals surface area contributed by atoms with E-state index in [4.69, 9.17) is 4.74 Å². The number of aryl methyl sites for hydroxylation is 1. The zero-order valence-corrected chi connectivity index (χ0v) is 12.7. The highest BCUT2D eigenvalue weighted by molar-refractivity contribution is 5.27. The molecule has 1 atom stereocenters. The molecule has 1 aromatic carbocycles. The summed E-state index contributed by atoms with van der Waals surface area (Å²) in [5.74, 6) is 0.847. The molecule has 1 fully saturated rings. The number of aliphatic hydroxyl groups is 1. The number of aliphatic hydroxyl groups excluding tert-OH is 1. The average Bonchev–Trinajstić information content (AvgIpc) is 2.46. The van der Waals surface area contributed by atoms with E-state index >= 15 is 0 Å². The van der Waals surface area contributed by atoms with Crippen LogP contribution in [0.4, 0.5) is 0 Å². The summed E-state index contributed by atoms with van der Waals surface area (Å²) in [5.41, 5.74) is 1.18. The molecule has 2 rings (SSSR count). The van der Waals surface area contributed by atoms with Gasteiger partial charge >= 0.3 is 0 Å². The second-order valence-electron chi connectivity index (χ2n) is 5.84. The number of quaternary nitrogens is 2. The van der Waals surface area contributed by atoms with Gasteiger partial charge in [-0.15, -0.1) is 0 Å². The fourth-order valence-electron chi connectivity index (χ4n) is 2.80. The van der Waals surface area contributed by atoms with Gasteiger partial charge in [-0.25, -0.2) is 0 Å². The first-order valence-electron chi connectivity index (χ1n) is 7.72. The largest absolute Gasteiger partial charge is 0.491 e. The van der Waals surface area contributed by atoms with E-state index in [0.29, 0.717) is 6.61 Å². The Morgan fingerprint density at radius 1 is 1.20 bits per heavy atom. The highest BCUT2D eigenvalue weighted by atomic mass is 16.5. The summed E-state index contributed by atoms with van der Waals surface area (Å²) >= 11 is 0. The number of rotatable bonds is 6. The van der Waals surface area contributed by atoms with E-state index in [1.54, 1.807) is 4.90 Å². The van der Waals surface area contributed by atoms with E-state index in [-0.39, 0.29) is 6.10 Å². The number of piperazine rings is 1. The summed E-state index contributed by atoms with van der Waals surface area (Å²) in [6.07, 6.45) is -0.381. The molecule has 0 radical (unpaired) electrons. The Labute approximate surface area is 122 Å². The number of benzene rings is 1. The zero-order chi connectivity index (χ0) is 14.4. The predicted molar refractivity (Wildman–Crippen MR) is 79.5 cm³/mol. The highest BCUT2D eigenvalue weighted by Gasteiger charge is 2.23. The molecule has 0 spiro atoms. The van der Waals surface area contributed by atoms with Gasteiger partial charge in [0.05, 0.1) is 6.54 Å². The van der Waals surface area contributed by atoms with Crippen molar-refractivity contribution in [3.8, 4) is 5.75 Å². The Kier molecular flexibility index (Phi) is 5.83. The first-order valence-corrected chi connectivity index (χ1v) is 7.72. The van der Waals surface area contributed by atoms with Crippen molar-refractivity contribution in [1.82, 2.24) is 0 Å². The van der Waals surface area contributed by atoms with Crippen molar-refractivity contribution in [2.75, 3.05) is 45.9 Å².